The van der Waals surface area contributed by atoms with Crippen LogP contribution in [-0.2, 0) is 27.1 Å². The highest BCUT2D eigenvalue weighted by molar-refractivity contribution is 7.16. The number of ether oxygens (including phenoxy) is 2. The van der Waals surface area contributed by atoms with Gasteiger partial charge in [-0.1, -0.05) is 6.07 Å². The summed E-state index contributed by atoms with van der Waals surface area (Å²) in [7, 11) is 0. The molecule has 1 saturated heterocycles. The summed E-state index contributed by atoms with van der Waals surface area (Å²) in [5.74, 6) is -0.312. The molecule has 2 amide bonds. The highest BCUT2D eigenvalue weighted by Gasteiger charge is 2.29. The van der Waals surface area contributed by atoms with Crippen LogP contribution in [0.15, 0.2) is 30.6 Å². The molecule has 166 valence electrons. The molecular formula is C23H24N4O4S. The number of nitriles is 1. The third kappa shape index (κ3) is 5.52. The minimum Gasteiger partial charge on any atom is -0.446 e. The van der Waals surface area contributed by atoms with Crippen molar-refractivity contribution in [2.45, 2.75) is 44.2 Å². The summed E-state index contributed by atoms with van der Waals surface area (Å²) >= 11 is 1.37. The van der Waals surface area contributed by atoms with Crippen LogP contribution in [0.3, 0.4) is 0 Å². The van der Waals surface area contributed by atoms with Crippen LogP contribution in [0.4, 0.5) is 9.80 Å². The maximum absolute atomic E-state index is 12.4. The Morgan fingerprint density at radius 1 is 1.31 bits per heavy atom. The zero-order valence-corrected chi connectivity index (χ0v) is 18.3. The molecule has 1 aliphatic heterocycles. The van der Waals surface area contributed by atoms with Crippen molar-refractivity contribution < 1.29 is 19.1 Å². The van der Waals surface area contributed by atoms with Crippen LogP contribution in [0.5, 0.6) is 0 Å². The fraction of sp³-hybridized carbons (Fsp3) is 0.391. The number of carbonyl (C=O) groups excluding carboxylic acids is 2. The van der Waals surface area contributed by atoms with Gasteiger partial charge in [0.25, 0.3) is 0 Å². The summed E-state index contributed by atoms with van der Waals surface area (Å²) in [5.41, 5.74) is 2.25. The lowest BCUT2D eigenvalue weighted by molar-refractivity contribution is -0.111. The summed E-state index contributed by atoms with van der Waals surface area (Å²) < 4.78 is 10.9. The van der Waals surface area contributed by atoms with E-state index in [9.17, 15) is 14.9 Å². The Morgan fingerprint density at radius 3 is 2.91 bits per heavy atom. The Balaban J connectivity index is 1.37. The van der Waals surface area contributed by atoms with E-state index in [1.807, 2.05) is 6.07 Å². The molecule has 1 unspecified atom stereocenters. The number of alkyl carbamates (subject to hydrolysis) is 1. The van der Waals surface area contributed by atoms with E-state index >= 15 is 0 Å². The van der Waals surface area contributed by atoms with Gasteiger partial charge in [-0.15, -0.1) is 11.3 Å². The maximum atomic E-state index is 12.4. The van der Waals surface area contributed by atoms with Crippen LogP contribution in [0.1, 0.15) is 40.8 Å². The number of hydrogen-bond donors (Lipinski definition) is 2. The number of fused-ring (bicyclic) bond motifs is 1. The lowest BCUT2D eigenvalue weighted by Gasteiger charge is -2.26. The Kier molecular flexibility index (Phi) is 7.14. The first-order valence-corrected chi connectivity index (χ1v) is 11.4. The van der Waals surface area contributed by atoms with Crippen LogP contribution in [-0.4, -0.2) is 42.3 Å². The Bertz CT molecular complexity index is 1040. The van der Waals surface area contributed by atoms with Gasteiger partial charge in [-0.2, -0.15) is 5.26 Å². The molecule has 0 bridgehead atoms. The van der Waals surface area contributed by atoms with Gasteiger partial charge >= 0.3 is 6.09 Å². The van der Waals surface area contributed by atoms with E-state index < -0.39 is 6.09 Å². The number of hydrogen-bond acceptors (Lipinski definition) is 7. The normalized spacial score (nSPS) is 18.5. The van der Waals surface area contributed by atoms with E-state index in [1.165, 1.54) is 17.4 Å². The molecule has 1 fully saturated rings. The van der Waals surface area contributed by atoms with E-state index in [0.717, 1.165) is 28.8 Å². The third-order valence-corrected chi connectivity index (χ3v) is 6.67. The summed E-state index contributed by atoms with van der Waals surface area (Å²) in [6.07, 6.45) is 9.16. The number of rotatable bonds is 5. The molecule has 0 spiro atoms. The van der Waals surface area contributed by atoms with Gasteiger partial charge in [-0.25, -0.2) is 4.79 Å². The first kappa shape index (κ1) is 22.0. The van der Waals surface area contributed by atoms with Crippen LogP contribution < -0.4 is 10.6 Å². The zero-order chi connectivity index (χ0) is 22.3. The monoisotopic (exact) mass is 452 g/mol. The van der Waals surface area contributed by atoms with Crippen LogP contribution in [0.2, 0.25) is 0 Å². The number of thiophene rings is 1. The predicted molar refractivity (Wildman–Crippen MR) is 120 cm³/mol. The number of pyridine rings is 1. The minimum atomic E-state index is -0.406. The SMILES string of the molecule is N#Cc1c(NC(=O)/C=C/c2cccnc2)sc2c1CCC(OC(=O)NC1CCOCC1)C2. The van der Waals surface area contributed by atoms with Crippen LogP contribution in [0, 0.1) is 11.3 Å². The molecule has 2 aliphatic rings. The molecule has 2 N–H and O–H groups in total. The molecule has 2 aromatic rings. The Hall–Kier alpha value is -3.22. The molecule has 0 radical (unpaired) electrons. The second kappa shape index (κ2) is 10.4. The lowest BCUT2D eigenvalue weighted by atomic mass is 9.94. The van der Waals surface area contributed by atoms with Gasteiger partial charge in [-0.3, -0.25) is 9.78 Å². The molecule has 2 aromatic heterocycles. The predicted octanol–water partition coefficient (Wildman–Crippen LogP) is 3.43. The molecular weight excluding hydrogens is 428 g/mol. The largest absolute Gasteiger partial charge is 0.446 e. The van der Waals surface area contributed by atoms with Crippen molar-refractivity contribution >= 4 is 34.4 Å². The van der Waals surface area contributed by atoms with Gasteiger partial charge in [0, 0.05) is 49.0 Å². The first-order valence-electron chi connectivity index (χ1n) is 10.6. The third-order valence-electron chi connectivity index (χ3n) is 5.50. The molecule has 9 heteroatoms. The lowest BCUT2D eigenvalue weighted by Crippen LogP contribution is -2.41. The average molecular weight is 453 g/mol. The number of carbonyl (C=O) groups is 2. The van der Waals surface area contributed by atoms with Crippen molar-refractivity contribution in [2.24, 2.45) is 0 Å². The van der Waals surface area contributed by atoms with Crippen LogP contribution in [0.25, 0.3) is 6.08 Å². The number of amides is 2. The molecule has 3 heterocycles. The van der Waals surface area contributed by atoms with Gasteiger partial charge in [0.05, 0.1) is 5.56 Å². The smallest absolute Gasteiger partial charge is 0.407 e. The van der Waals surface area contributed by atoms with Crippen molar-refractivity contribution in [3.63, 3.8) is 0 Å². The highest BCUT2D eigenvalue weighted by Crippen LogP contribution is 2.38. The van der Waals surface area contributed by atoms with Crippen molar-refractivity contribution in [1.29, 1.82) is 5.26 Å². The summed E-state index contributed by atoms with van der Waals surface area (Å²) in [6.45, 7) is 1.30. The topological polar surface area (TPSA) is 113 Å². The van der Waals surface area contributed by atoms with Crippen molar-refractivity contribution in [1.82, 2.24) is 10.3 Å². The summed E-state index contributed by atoms with van der Waals surface area (Å²) in [5, 5.41) is 15.9. The molecule has 1 atom stereocenters. The van der Waals surface area contributed by atoms with Crippen molar-refractivity contribution in [2.75, 3.05) is 18.5 Å². The molecule has 8 nitrogen and oxygen atoms in total. The summed E-state index contributed by atoms with van der Waals surface area (Å²) in [4.78, 5) is 29.6. The Labute approximate surface area is 190 Å². The van der Waals surface area contributed by atoms with E-state index in [2.05, 4.69) is 21.7 Å². The van der Waals surface area contributed by atoms with Crippen molar-refractivity contribution in [3.8, 4) is 6.07 Å². The molecule has 32 heavy (non-hydrogen) atoms. The number of nitrogens with one attached hydrogen (secondary N) is 2. The summed E-state index contributed by atoms with van der Waals surface area (Å²) in [6, 6.07) is 5.95. The number of anilines is 1. The fourth-order valence-corrected chi connectivity index (χ4v) is 5.12. The standard InChI is InChI=1S/C23H24N4O4S/c24-13-19-18-5-4-17(31-23(29)26-16-7-10-30-11-8-16)12-20(18)32-22(19)27-21(28)6-3-15-2-1-9-25-14-15/h1-3,6,9,14,16-17H,4-5,7-8,10-12H2,(H,26,29)(H,27,28)/b6-3+. The average Bonchev–Trinajstić information content (AvgIpc) is 3.15. The maximum Gasteiger partial charge on any atom is 0.407 e. The van der Waals surface area contributed by atoms with Crippen LogP contribution >= 0.6 is 11.3 Å². The second-order valence-corrected chi connectivity index (χ2v) is 8.83. The molecule has 4 rings (SSSR count). The molecule has 0 aromatic carbocycles. The second-order valence-electron chi connectivity index (χ2n) is 7.73. The van der Waals surface area contributed by atoms with Crippen molar-refractivity contribution in [3.05, 3.63) is 52.2 Å². The van der Waals surface area contributed by atoms with Gasteiger partial charge in [0.2, 0.25) is 5.91 Å². The first-order chi connectivity index (χ1) is 15.6. The Morgan fingerprint density at radius 2 is 2.16 bits per heavy atom. The van der Waals surface area contributed by atoms with E-state index in [-0.39, 0.29) is 18.1 Å². The minimum absolute atomic E-state index is 0.0869. The molecule has 1 aliphatic carbocycles. The van der Waals surface area contributed by atoms with E-state index in [4.69, 9.17) is 9.47 Å². The quantitative estimate of drug-likeness (QED) is 0.672. The van der Waals surface area contributed by atoms with Gasteiger partial charge in [0.15, 0.2) is 0 Å². The van der Waals surface area contributed by atoms with Gasteiger partial charge < -0.3 is 20.1 Å². The van der Waals surface area contributed by atoms with E-state index in [1.54, 1.807) is 24.5 Å². The van der Waals surface area contributed by atoms with E-state index in [0.29, 0.717) is 43.0 Å². The molecule has 0 saturated carbocycles. The number of aromatic nitrogens is 1. The number of nitrogens with zero attached hydrogens (tertiary/aromatic N) is 2. The zero-order valence-electron chi connectivity index (χ0n) is 17.5. The van der Waals surface area contributed by atoms with Gasteiger partial charge in [0.1, 0.15) is 17.2 Å². The van der Waals surface area contributed by atoms with Gasteiger partial charge in [-0.05, 0) is 49.0 Å². The highest BCUT2D eigenvalue weighted by atomic mass is 32.1. The fourth-order valence-electron chi connectivity index (χ4n) is 3.86.